The molecule has 11 aromatic rings. The number of aromatic nitrogens is 7. The minimum atomic E-state index is -5.01. The highest BCUT2D eigenvalue weighted by molar-refractivity contribution is 6.11. The summed E-state index contributed by atoms with van der Waals surface area (Å²) in [5.74, 6) is 2.45. The Labute approximate surface area is 390 Å². The number of benzene rings is 8. The molecule has 0 saturated heterocycles. The van der Waals surface area contributed by atoms with Crippen molar-refractivity contribution in [3.8, 4) is 85.1 Å². The third-order valence-electron chi connectivity index (χ3n) is 11.7. The van der Waals surface area contributed by atoms with E-state index in [0.717, 1.165) is 34.4 Å². The molecule has 0 bridgehead atoms. The van der Waals surface area contributed by atoms with Gasteiger partial charge in [0.25, 0.3) is 0 Å². The van der Waals surface area contributed by atoms with Crippen LogP contribution in [0.2, 0.25) is 0 Å². The zero-order valence-electron chi connectivity index (χ0n) is 36.0. The van der Waals surface area contributed by atoms with E-state index < -0.39 is 23.5 Å². The average Bonchev–Trinajstić information content (AvgIpc) is 3.72. The van der Waals surface area contributed by atoms with Gasteiger partial charge >= 0.3 is 12.4 Å². The van der Waals surface area contributed by atoms with Crippen molar-refractivity contribution in [1.82, 2.24) is 34.5 Å². The Kier molecular flexibility index (Phi) is 10.6. The minimum Gasteiger partial charge on any atom is -0.309 e. The maximum absolute atomic E-state index is 14.1. The molecule has 0 unspecified atom stereocenters. The van der Waals surface area contributed by atoms with Crippen molar-refractivity contribution in [3.05, 3.63) is 211 Å². The number of hydrogen-bond donors (Lipinski definition) is 0. The lowest BCUT2D eigenvalue weighted by Gasteiger charge is -2.17. The maximum atomic E-state index is 14.1. The molecule has 0 aliphatic rings. The van der Waals surface area contributed by atoms with Crippen molar-refractivity contribution in [3.63, 3.8) is 0 Å². The van der Waals surface area contributed by atoms with E-state index in [1.54, 1.807) is 12.1 Å². The molecule has 0 spiro atoms. The van der Waals surface area contributed by atoms with Gasteiger partial charge in [-0.3, -0.25) is 0 Å². The molecule has 0 atom stereocenters. The molecule has 0 aliphatic carbocycles. The van der Waals surface area contributed by atoms with Crippen molar-refractivity contribution in [2.45, 2.75) is 12.4 Å². The van der Waals surface area contributed by atoms with Crippen LogP contribution in [-0.4, -0.2) is 34.5 Å². The van der Waals surface area contributed by atoms with Gasteiger partial charge in [0, 0.05) is 44.2 Å². The number of rotatable bonds is 8. The minimum absolute atomic E-state index is 0.134. The third-order valence-corrected chi connectivity index (χ3v) is 11.7. The zero-order chi connectivity index (χ0) is 47.3. The van der Waals surface area contributed by atoms with Crippen LogP contribution >= 0.6 is 0 Å². The molecule has 69 heavy (non-hydrogen) atoms. The highest BCUT2D eigenvalue weighted by atomic mass is 19.4. The van der Waals surface area contributed by atoms with Crippen molar-refractivity contribution in [1.29, 1.82) is 0 Å². The Balaban J connectivity index is 1.18. The Morgan fingerprint density at radius 2 is 0.681 bits per heavy atom. The van der Waals surface area contributed by atoms with Crippen LogP contribution in [0, 0.1) is 0 Å². The monoisotopic (exact) mass is 917 g/mol. The molecule has 0 amide bonds. The van der Waals surface area contributed by atoms with Crippen LogP contribution in [0.3, 0.4) is 0 Å². The van der Waals surface area contributed by atoms with E-state index >= 15 is 0 Å². The molecule has 7 nitrogen and oxygen atoms in total. The first-order chi connectivity index (χ1) is 33.4. The summed E-state index contributed by atoms with van der Waals surface area (Å²) < 4.78 is 86.4. The van der Waals surface area contributed by atoms with Gasteiger partial charge in [0.05, 0.1) is 27.8 Å². The summed E-state index contributed by atoms with van der Waals surface area (Å²) >= 11 is 0. The number of para-hydroxylation sites is 1. The van der Waals surface area contributed by atoms with Crippen molar-refractivity contribution >= 4 is 21.8 Å². The average molecular weight is 918 g/mol. The summed E-state index contributed by atoms with van der Waals surface area (Å²) in [6.07, 6.45) is -10.0. The smallest absolute Gasteiger partial charge is 0.309 e. The van der Waals surface area contributed by atoms with E-state index in [1.807, 2.05) is 168 Å². The fraction of sp³-hybridized carbons (Fsp3) is 0.0357. The van der Waals surface area contributed by atoms with Crippen LogP contribution in [0.15, 0.2) is 200 Å². The van der Waals surface area contributed by atoms with Gasteiger partial charge in [0.2, 0.25) is 0 Å². The Bertz CT molecular complexity index is 3540. The SMILES string of the molecule is FC(F)(F)c1cc(-c2ccc3c(c2)c2ccccc2n3-c2ccc(-c3nc(-c4ccccc4)nc(-c4ccccc4)n3)cc2-c2nc(-c3ccccc3)nc(-c3ccccc3)n2)cc(C(F)(F)F)c1. The van der Waals surface area contributed by atoms with Gasteiger partial charge in [-0.2, -0.15) is 26.3 Å². The van der Waals surface area contributed by atoms with Gasteiger partial charge in [-0.05, 0) is 65.7 Å². The second kappa shape index (κ2) is 17.1. The maximum Gasteiger partial charge on any atom is 0.416 e. The molecule has 3 heterocycles. The summed E-state index contributed by atoms with van der Waals surface area (Å²) in [6.45, 7) is 0. The summed E-state index contributed by atoms with van der Waals surface area (Å²) in [4.78, 5) is 30.1. The molecule has 0 aliphatic heterocycles. The van der Waals surface area contributed by atoms with E-state index in [1.165, 1.54) is 6.07 Å². The molecule has 0 N–H and O–H groups in total. The fourth-order valence-corrected chi connectivity index (χ4v) is 8.45. The molecule has 8 aromatic carbocycles. The lowest BCUT2D eigenvalue weighted by Crippen LogP contribution is -2.11. The predicted molar refractivity (Wildman–Crippen MR) is 256 cm³/mol. The summed E-state index contributed by atoms with van der Waals surface area (Å²) in [6, 6.07) is 58.0. The van der Waals surface area contributed by atoms with E-state index in [9.17, 15) is 26.3 Å². The van der Waals surface area contributed by atoms with Gasteiger partial charge < -0.3 is 4.57 Å². The molecule has 11 rings (SSSR count). The highest BCUT2D eigenvalue weighted by Gasteiger charge is 2.37. The van der Waals surface area contributed by atoms with E-state index in [4.69, 9.17) is 29.9 Å². The number of hydrogen-bond acceptors (Lipinski definition) is 6. The highest BCUT2D eigenvalue weighted by Crippen LogP contribution is 2.42. The molecule has 13 heteroatoms. The Morgan fingerprint density at radius 3 is 1.14 bits per heavy atom. The van der Waals surface area contributed by atoms with Crippen LogP contribution in [0.4, 0.5) is 26.3 Å². The second-order valence-corrected chi connectivity index (χ2v) is 16.2. The van der Waals surface area contributed by atoms with Crippen LogP contribution in [-0.2, 0) is 12.4 Å². The van der Waals surface area contributed by atoms with Crippen molar-refractivity contribution in [2.75, 3.05) is 0 Å². The van der Waals surface area contributed by atoms with Gasteiger partial charge in [-0.25, -0.2) is 29.9 Å². The second-order valence-electron chi connectivity index (χ2n) is 16.2. The zero-order valence-corrected chi connectivity index (χ0v) is 36.0. The fourth-order valence-electron chi connectivity index (χ4n) is 8.45. The van der Waals surface area contributed by atoms with Gasteiger partial charge in [0.1, 0.15) is 0 Å². The lowest BCUT2D eigenvalue weighted by atomic mass is 9.97. The van der Waals surface area contributed by atoms with Crippen LogP contribution in [0.1, 0.15) is 11.1 Å². The quantitative estimate of drug-likeness (QED) is 0.141. The number of halogens is 6. The molecule has 0 radical (unpaired) electrons. The summed E-state index contributed by atoms with van der Waals surface area (Å²) in [7, 11) is 0. The molecular weight excluding hydrogens is 885 g/mol. The molecular formula is C56H33F6N7. The first-order valence-electron chi connectivity index (χ1n) is 21.7. The first-order valence-corrected chi connectivity index (χ1v) is 21.7. The van der Waals surface area contributed by atoms with Crippen molar-refractivity contribution in [2.24, 2.45) is 0 Å². The first kappa shape index (κ1) is 42.8. The van der Waals surface area contributed by atoms with Gasteiger partial charge in [-0.1, -0.05) is 146 Å². The Morgan fingerprint density at radius 1 is 0.290 bits per heavy atom. The summed E-state index contributed by atoms with van der Waals surface area (Å²) in [5, 5.41) is 1.29. The molecule has 0 fully saturated rings. The van der Waals surface area contributed by atoms with Crippen LogP contribution in [0.25, 0.3) is 107 Å². The standard InChI is InChI=1S/C56H33F6N7/c57-55(58,59)41-29-40(30-42(33-41)56(60,61)62)38-25-27-47-44(31-38)43-23-13-14-24-46(43)69(47)48-28-26-39(53-65-49(34-15-5-1-6-16-34)63-50(66-53)35-17-7-2-8-18-35)32-45(48)54-67-51(36-19-9-3-10-20-36)64-52(68-54)37-21-11-4-12-22-37/h1-33H. The lowest BCUT2D eigenvalue weighted by molar-refractivity contribution is -0.143. The van der Waals surface area contributed by atoms with Crippen LogP contribution in [0.5, 0.6) is 0 Å². The summed E-state index contributed by atoms with van der Waals surface area (Å²) in [5.41, 5.74) is 3.33. The van der Waals surface area contributed by atoms with Gasteiger partial charge in [-0.15, -0.1) is 0 Å². The largest absolute Gasteiger partial charge is 0.416 e. The van der Waals surface area contributed by atoms with Gasteiger partial charge in [0.15, 0.2) is 34.9 Å². The van der Waals surface area contributed by atoms with E-state index in [-0.39, 0.29) is 17.2 Å². The molecule has 334 valence electrons. The number of fused-ring (bicyclic) bond motifs is 3. The predicted octanol–water partition coefficient (Wildman–Crippen LogP) is 14.9. The van der Waals surface area contributed by atoms with E-state index in [0.29, 0.717) is 73.6 Å². The number of nitrogens with zero attached hydrogens (tertiary/aromatic N) is 7. The third kappa shape index (κ3) is 8.35. The molecule has 3 aromatic heterocycles. The number of alkyl halides is 6. The molecule has 0 saturated carbocycles. The van der Waals surface area contributed by atoms with Crippen LogP contribution < -0.4 is 0 Å². The van der Waals surface area contributed by atoms with Crippen molar-refractivity contribution < 1.29 is 26.3 Å². The topological polar surface area (TPSA) is 82.3 Å². The Hall–Kier alpha value is -8.84. The van der Waals surface area contributed by atoms with E-state index in [2.05, 4.69) is 0 Å². The normalized spacial score (nSPS) is 11.9.